The lowest BCUT2D eigenvalue weighted by molar-refractivity contribution is -0.129. The maximum atomic E-state index is 11.5. The molecule has 0 spiro atoms. The zero-order valence-electron chi connectivity index (χ0n) is 7.14. The maximum Gasteiger partial charge on any atom is 0.355 e. The van der Waals surface area contributed by atoms with E-state index in [1.807, 2.05) is 0 Å². The summed E-state index contributed by atoms with van der Waals surface area (Å²) in [6.07, 6.45) is 0.247. The second-order valence-electron chi connectivity index (χ2n) is 2.88. The number of rotatable bonds is 1. The molecule has 0 fully saturated rings. The van der Waals surface area contributed by atoms with Crippen molar-refractivity contribution in [3.63, 3.8) is 0 Å². The largest absolute Gasteiger partial charge is 0.586 e. The van der Waals surface area contributed by atoms with E-state index in [4.69, 9.17) is 5.11 Å². The van der Waals surface area contributed by atoms with Crippen LogP contribution in [0.15, 0.2) is 33.6 Å². The molecule has 2 rings (SSSR count). The first kappa shape index (κ1) is 9.23. The summed E-state index contributed by atoms with van der Waals surface area (Å²) in [7, 11) is 0. The molecule has 72 valence electrons. The van der Waals surface area contributed by atoms with Crippen molar-refractivity contribution in [2.24, 2.45) is 4.40 Å². The van der Waals surface area contributed by atoms with E-state index in [-0.39, 0.29) is 12.1 Å². The van der Waals surface area contributed by atoms with Gasteiger partial charge in [0, 0.05) is 12.0 Å². The molecule has 0 saturated carbocycles. The number of hydrogen-bond acceptors (Lipinski definition) is 3. The fourth-order valence-electron chi connectivity index (χ4n) is 1.30. The first-order chi connectivity index (χ1) is 6.68. The third-order valence-corrected chi connectivity index (χ3v) is 3.12. The van der Waals surface area contributed by atoms with E-state index in [2.05, 4.69) is 4.40 Å². The molecule has 1 unspecified atom stereocenters. The number of fused-ring (bicyclic) bond motifs is 1. The first-order valence-electron chi connectivity index (χ1n) is 3.99. The third-order valence-electron chi connectivity index (χ3n) is 1.96. The van der Waals surface area contributed by atoms with Crippen LogP contribution in [0, 0.1) is 0 Å². The highest BCUT2D eigenvalue weighted by Crippen LogP contribution is 2.23. The molecule has 0 amide bonds. The molecule has 1 aliphatic rings. The molecule has 0 aromatic heterocycles. The Balaban J connectivity index is 2.42. The van der Waals surface area contributed by atoms with Gasteiger partial charge in [-0.1, -0.05) is 22.6 Å². The fourth-order valence-corrected chi connectivity index (χ4v) is 2.30. The van der Waals surface area contributed by atoms with Crippen molar-refractivity contribution < 1.29 is 14.5 Å². The van der Waals surface area contributed by atoms with Crippen LogP contribution in [0.25, 0.3) is 0 Å². The summed E-state index contributed by atoms with van der Waals surface area (Å²) in [4.78, 5) is 11.3. The van der Waals surface area contributed by atoms with Crippen LogP contribution in [0.2, 0.25) is 0 Å². The van der Waals surface area contributed by atoms with E-state index in [0.29, 0.717) is 4.90 Å². The average molecular weight is 209 g/mol. The van der Waals surface area contributed by atoms with Gasteiger partial charge in [-0.25, -0.2) is 4.79 Å². The van der Waals surface area contributed by atoms with E-state index in [1.54, 1.807) is 24.3 Å². The van der Waals surface area contributed by atoms with E-state index < -0.39 is 17.3 Å². The zero-order chi connectivity index (χ0) is 10.1. The third kappa shape index (κ3) is 1.51. The molecule has 0 radical (unpaired) electrons. The molecule has 4 nitrogen and oxygen atoms in total. The number of carbonyl (C=O) groups is 1. The predicted molar refractivity (Wildman–Crippen MR) is 51.6 cm³/mol. The van der Waals surface area contributed by atoms with Gasteiger partial charge in [-0.3, -0.25) is 0 Å². The van der Waals surface area contributed by atoms with Crippen molar-refractivity contribution in [2.75, 3.05) is 0 Å². The lowest BCUT2D eigenvalue weighted by Gasteiger charge is -2.13. The van der Waals surface area contributed by atoms with Gasteiger partial charge < -0.3 is 9.66 Å². The highest BCUT2D eigenvalue weighted by molar-refractivity contribution is 7.90. The van der Waals surface area contributed by atoms with Crippen LogP contribution in [-0.2, 0) is 22.6 Å². The molecule has 1 heterocycles. The lowest BCUT2D eigenvalue weighted by Crippen LogP contribution is -2.23. The fraction of sp³-hybridized carbons (Fsp3) is 0.111. The van der Waals surface area contributed by atoms with Gasteiger partial charge in [-0.05, 0) is 6.07 Å². The van der Waals surface area contributed by atoms with Gasteiger partial charge >= 0.3 is 5.97 Å². The van der Waals surface area contributed by atoms with Gasteiger partial charge in [0.2, 0.25) is 0 Å². The molecule has 14 heavy (non-hydrogen) atoms. The molecule has 1 atom stereocenters. The van der Waals surface area contributed by atoms with Gasteiger partial charge in [0.1, 0.15) is 11.4 Å². The summed E-state index contributed by atoms with van der Waals surface area (Å²) in [5, 5.41) is 8.72. The molecule has 1 aromatic carbocycles. The van der Waals surface area contributed by atoms with Crippen molar-refractivity contribution in [2.45, 2.75) is 11.3 Å². The van der Waals surface area contributed by atoms with Crippen LogP contribution in [0.5, 0.6) is 0 Å². The zero-order valence-corrected chi connectivity index (χ0v) is 7.95. The van der Waals surface area contributed by atoms with Crippen LogP contribution in [0.3, 0.4) is 0 Å². The Bertz CT molecular complexity index is 416. The topological polar surface area (TPSA) is 72.7 Å². The average Bonchev–Trinajstić information content (AvgIpc) is 2.17. The molecule has 5 heteroatoms. The van der Waals surface area contributed by atoms with E-state index in [0.717, 1.165) is 5.56 Å². The first-order valence-corrected chi connectivity index (χ1v) is 5.10. The Morgan fingerprint density at radius 2 is 2.21 bits per heavy atom. The SMILES string of the molecule is O=C(O)C1=N[S+]([O-])c2ccccc2C1. The monoisotopic (exact) mass is 209 g/mol. The summed E-state index contributed by atoms with van der Waals surface area (Å²) >= 11 is -1.56. The van der Waals surface area contributed by atoms with Crippen molar-refractivity contribution in [1.29, 1.82) is 0 Å². The Morgan fingerprint density at radius 3 is 2.93 bits per heavy atom. The number of hydrogen-bond donors (Lipinski definition) is 1. The minimum absolute atomic E-state index is 0.0398. The second kappa shape index (κ2) is 3.43. The minimum atomic E-state index is -1.56. The van der Waals surface area contributed by atoms with Crippen LogP contribution in [0.1, 0.15) is 5.56 Å². The standard InChI is InChI=1S/C9H7NO3S/c11-9(12)7-5-6-3-1-2-4-8(6)14(13)10-7/h1-4H,5H2,(H,11,12). The second-order valence-corrected chi connectivity index (χ2v) is 4.00. The normalized spacial score (nSPS) is 19.8. The van der Waals surface area contributed by atoms with Gasteiger partial charge in [0.15, 0.2) is 10.6 Å². The summed E-state index contributed by atoms with van der Waals surface area (Å²) in [5.41, 5.74) is 0.736. The van der Waals surface area contributed by atoms with Gasteiger partial charge in [-0.15, -0.1) is 0 Å². The van der Waals surface area contributed by atoms with Crippen molar-refractivity contribution in [1.82, 2.24) is 0 Å². The van der Waals surface area contributed by atoms with E-state index in [1.165, 1.54) is 0 Å². The molecule has 0 bridgehead atoms. The van der Waals surface area contributed by atoms with Crippen LogP contribution in [0.4, 0.5) is 0 Å². The summed E-state index contributed by atoms with van der Waals surface area (Å²) in [6.45, 7) is 0. The van der Waals surface area contributed by atoms with Gasteiger partial charge in [0.25, 0.3) is 0 Å². The molecule has 1 aromatic rings. The Labute approximate surface area is 83.6 Å². The van der Waals surface area contributed by atoms with Crippen LogP contribution in [-0.4, -0.2) is 21.3 Å². The van der Waals surface area contributed by atoms with Crippen molar-refractivity contribution in [3.8, 4) is 0 Å². The molecule has 0 aliphatic carbocycles. The number of benzene rings is 1. The van der Waals surface area contributed by atoms with Gasteiger partial charge in [-0.2, -0.15) is 0 Å². The highest BCUT2D eigenvalue weighted by atomic mass is 32.2. The summed E-state index contributed by atoms with van der Waals surface area (Å²) < 4.78 is 15.1. The Morgan fingerprint density at radius 1 is 1.50 bits per heavy atom. The number of aliphatic carboxylic acids is 1. The van der Waals surface area contributed by atoms with Gasteiger partial charge in [0.05, 0.1) is 0 Å². The molecule has 1 N–H and O–H groups in total. The molecule has 0 saturated heterocycles. The quantitative estimate of drug-likeness (QED) is 0.695. The Hall–Kier alpha value is -1.33. The maximum absolute atomic E-state index is 11.5. The van der Waals surface area contributed by atoms with Crippen molar-refractivity contribution in [3.05, 3.63) is 29.8 Å². The molecular formula is C9H7NO3S. The van der Waals surface area contributed by atoms with E-state index in [9.17, 15) is 9.35 Å². The van der Waals surface area contributed by atoms with Crippen LogP contribution < -0.4 is 0 Å². The smallest absolute Gasteiger partial charge is 0.355 e. The molecular weight excluding hydrogens is 202 g/mol. The summed E-state index contributed by atoms with van der Waals surface area (Å²) in [6, 6.07) is 7.03. The Kier molecular flexibility index (Phi) is 2.26. The van der Waals surface area contributed by atoms with Crippen molar-refractivity contribution >= 4 is 23.0 Å². The van der Waals surface area contributed by atoms with Crippen LogP contribution >= 0.6 is 0 Å². The van der Waals surface area contributed by atoms with E-state index >= 15 is 0 Å². The lowest BCUT2D eigenvalue weighted by atomic mass is 10.1. The number of carboxylic acids is 1. The number of nitrogens with zero attached hydrogens (tertiary/aromatic N) is 1. The highest BCUT2D eigenvalue weighted by Gasteiger charge is 2.27. The predicted octanol–water partition coefficient (Wildman–Crippen LogP) is 0.791. The summed E-state index contributed by atoms with van der Waals surface area (Å²) in [5.74, 6) is -1.10. The molecule has 1 aliphatic heterocycles. The minimum Gasteiger partial charge on any atom is -0.586 e. The number of carboxylic acid groups (broad SMARTS) is 1.